The first-order valence-electron chi connectivity index (χ1n) is 26.1. The van der Waals surface area contributed by atoms with E-state index < -0.39 is 23.5 Å². The van der Waals surface area contributed by atoms with Gasteiger partial charge in [-0.25, -0.2) is 0 Å². The van der Waals surface area contributed by atoms with E-state index in [1.54, 1.807) is 12.1 Å². The van der Waals surface area contributed by atoms with Crippen molar-refractivity contribution in [3.8, 4) is 73.1 Å². The Bertz CT molecular complexity index is 4420. The highest BCUT2D eigenvalue weighted by atomic mass is 19.4. The minimum atomic E-state index is -5.11. The Morgan fingerprint density at radius 2 is 0.658 bits per heavy atom. The summed E-state index contributed by atoms with van der Waals surface area (Å²) in [6.45, 7) is 14.4. The minimum Gasteiger partial charge on any atom is -0.308 e. The number of nitrogens with zero attached hydrogens (tertiary/aromatic N) is 3. The summed E-state index contributed by atoms with van der Waals surface area (Å²) < 4.78 is 92.9. The van der Waals surface area contributed by atoms with Crippen LogP contribution in [0.25, 0.3) is 111 Å². The summed E-state index contributed by atoms with van der Waals surface area (Å²) in [4.78, 5) is 0. The molecule has 9 heteroatoms. The largest absolute Gasteiger partial charge is 0.416 e. The smallest absolute Gasteiger partial charge is 0.308 e. The van der Waals surface area contributed by atoms with Gasteiger partial charge in [0.2, 0.25) is 0 Å². The topological polar surface area (TPSA) is 33.6 Å². The number of alkyl halides is 6. The van der Waals surface area contributed by atoms with Crippen LogP contribution in [0.4, 0.5) is 26.3 Å². The van der Waals surface area contributed by atoms with E-state index in [4.69, 9.17) is 0 Å². The highest BCUT2D eigenvalue weighted by molar-refractivity contribution is 6.14. The summed E-state index contributed by atoms with van der Waals surface area (Å²) in [5.74, 6) is 0. The molecule has 0 saturated carbocycles. The number of benzene rings is 10. The van der Waals surface area contributed by atoms with Gasteiger partial charge < -0.3 is 9.13 Å². The van der Waals surface area contributed by atoms with Crippen LogP contribution in [0.3, 0.4) is 0 Å². The van der Waals surface area contributed by atoms with E-state index in [1.165, 1.54) is 0 Å². The predicted molar refractivity (Wildman–Crippen MR) is 310 cm³/mol. The Morgan fingerprint density at radius 3 is 0.975 bits per heavy atom. The van der Waals surface area contributed by atoms with Crippen molar-refractivity contribution in [3.05, 3.63) is 238 Å². The molecule has 0 saturated heterocycles. The van der Waals surface area contributed by atoms with Crippen molar-refractivity contribution < 1.29 is 26.3 Å². The molecule has 0 fully saturated rings. The van der Waals surface area contributed by atoms with E-state index in [1.807, 2.05) is 90.6 Å². The summed E-state index contributed by atoms with van der Waals surface area (Å²) in [6, 6.07) is 58.8. The van der Waals surface area contributed by atoms with E-state index >= 15 is 0 Å². The van der Waals surface area contributed by atoms with Crippen LogP contribution >= 0.6 is 0 Å². The first-order chi connectivity index (χ1) is 37.7. The monoisotopic (exact) mass is 1050 g/mol. The zero-order valence-electron chi connectivity index (χ0n) is 44.4. The summed E-state index contributed by atoms with van der Waals surface area (Å²) in [7, 11) is 0. The number of aryl methyl sites for hydroxylation is 7. The number of nitriles is 1. The molecule has 0 amide bonds. The summed E-state index contributed by atoms with van der Waals surface area (Å²) >= 11 is 0. The Kier molecular flexibility index (Phi) is 12.1. The fourth-order valence-electron chi connectivity index (χ4n) is 11.9. The van der Waals surface area contributed by atoms with Gasteiger partial charge in [-0.3, -0.25) is 0 Å². The van der Waals surface area contributed by atoms with Gasteiger partial charge in [0.25, 0.3) is 0 Å². The molecule has 388 valence electrons. The van der Waals surface area contributed by atoms with Crippen molar-refractivity contribution >= 4 is 43.6 Å². The average molecular weight is 1050 g/mol. The van der Waals surface area contributed by atoms with Crippen LogP contribution in [0, 0.1) is 59.8 Å². The fourth-order valence-corrected chi connectivity index (χ4v) is 11.9. The number of halogens is 6. The van der Waals surface area contributed by atoms with Gasteiger partial charge in [0, 0.05) is 21.5 Å². The zero-order valence-corrected chi connectivity index (χ0v) is 44.4. The van der Waals surface area contributed by atoms with E-state index in [2.05, 4.69) is 125 Å². The molecule has 12 rings (SSSR count). The third-order valence-corrected chi connectivity index (χ3v) is 15.7. The second-order valence-corrected chi connectivity index (χ2v) is 21.2. The first-order valence-corrected chi connectivity index (χ1v) is 26.1. The fraction of sp³-hybridized carbons (Fsp3) is 0.129. The van der Waals surface area contributed by atoms with Gasteiger partial charge in [0.05, 0.1) is 44.6 Å². The molecule has 0 spiro atoms. The highest BCUT2D eigenvalue weighted by Crippen LogP contribution is 2.46. The standard InChI is InChI=1S/C70H51F6N3/c1-39-12-19-55(43(5)26-39)47-16-23-64-59(32-47)58-31-46(54-11-9-8-10-42(54)4)15-22-63(58)78(64)67-35-51(50-29-52(69(71,72)73)37-53(30-50)70(74,75)76)36-68(62(67)38-77)79-65-24-17-48(56-20-13-40(2)27-44(56)6)33-60(65)61-34-49(18-25-66(61)79)57-21-14-41(3)28-45(57)7/h8-37H,1-7H3. The summed E-state index contributed by atoms with van der Waals surface area (Å²) in [5, 5.41) is 15.2. The van der Waals surface area contributed by atoms with Crippen LogP contribution in [0.2, 0.25) is 0 Å². The number of aromatic nitrogens is 2. The third kappa shape index (κ3) is 8.82. The maximum atomic E-state index is 14.8. The number of fused-ring (bicyclic) bond motifs is 6. The maximum absolute atomic E-state index is 14.8. The van der Waals surface area contributed by atoms with Crippen LogP contribution in [0.1, 0.15) is 55.6 Å². The average Bonchev–Trinajstić information content (AvgIpc) is 3.83. The van der Waals surface area contributed by atoms with E-state index in [-0.39, 0.29) is 34.1 Å². The minimum absolute atomic E-state index is 0.0489. The lowest BCUT2D eigenvalue weighted by Crippen LogP contribution is -2.11. The molecule has 0 aliphatic carbocycles. The molecule has 0 radical (unpaired) electrons. The van der Waals surface area contributed by atoms with E-state index in [9.17, 15) is 31.6 Å². The number of hydrogen-bond acceptors (Lipinski definition) is 1. The first kappa shape index (κ1) is 50.7. The van der Waals surface area contributed by atoms with Crippen LogP contribution in [-0.4, -0.2) is 9.13 Å². The van der Waals surface area contributed by atoms with Gasteiger partial charge in [-0.15, -0.1) is 0 Å². The maximum Gasteiger partial charge on any atom is 0.416 e. The molecule has 2 heterocycles. The SMILES string of the molecule is Cc1ccc(-c2ccc3c(c2)c2cc(-c4ccccc4C)ccc2n3-c2cc(-c3cc(C(F)(F)F)cc(C(F)(F)F)c3)cc(-n3c4ccc(-c5ccc(C)cc5C)cc4c4cc(-c5ccc(C)cc5C)ccc43)c2C#N)c(C)c1. The Balaban J connectivity index is 1.22. The molecule has 0 N–H and O–H groups in total. The highest BCUT2D eigenvalue weighted by Gasteiger charge is 2.37. The molecule has 2 aromatic heterocycles. The Labute approximate surface area is 453 Å². The molecule has 79 heavy (non-hydrogen) atoms. The molecular weight excluding hydrogens is 997 g/mol. The summed E-state index contributed by atoms with van der Waals surface area (Å²) in [6.07, 6.45) is -10.2. The van der Waals surface area contributed by atoms with Gasteiger partial charge in [0.15, 0.2) is 0 Å². The second-order valence-electron chi connectivity index (χ2n) is 21.2. The molecule has 3 nitrogen and oxygen atoms in total. The normalized spacial score (nSPS) is 12.1. The van der Waals surface area contributed by atoms with Crippen LogP contribution in [0.5, 0.6) is 0 Å². The molecule has 0 aliphatic rings. The van der Waals surface area contributed by atoms with E-state index in [0.29, 0.717) is 22.1 Å². The van der Waals surface area contributed by atoms with Gasteiger partial charge >= 0.3 is 12.4 Å². The molecule has 12 aromatic rings. The van der Waals surface area contributed by atoms with Crippen LogP contribution < -0.4 is 0 Å². The third-order valence-electron chi connectivity index (χ3n) is 15.7. The van der Waals surface area contributed by atoms with Crippen molar-refractivity contribution in [2.75, 3.05) is 0 Å². The molecule has 0 atom stereocenters. The van der Waals surface area contributed by atoms with Crippen molar-refractivity contribution in [3.63, 3.8) is 0 Å². The van der Waals surface area contributed by atoms with Crippen molar-refractivity contribution in [1.82, 2.24) is 9.13 Å². The predicted octanol–water partition coefficient (Wildman–Crippen LogP) is 20.3. The quantitative estimate of drug-likeness (QED) is 0.146. The molecule has 10 aromatic carbocycles. The lowest BCUT2D eigenvalue weighted by molar-refractivity contribution is -0.143. The molecule has 0 unspecified atom stereocenters. The van der Waals surface area contributed by atoms with Crippen LogP contribution in [0.15, 0.2) is 182 Å². The summed E-state index contributed by atoms with van der Waals surface area (Å²) in [5.41, 5.74) is 15.9. The molecule has 0 bridgehead atoms. The van der Waals surface area contributed by atoms with Crippen molar-refractivity contribution in [2.45, 2.75) is 60.8 Å². The van der Waals surface area contributed by atoms with Crippen LogP contribution in [-0.2, 0) is 12.4 Å². The van der Waals surface area contributed by atoms with Gasteiger partial charge in [-0.05, 0) is 205 Å². The van der Waals surface area contributed by atoms with Gasteiger partial charge in [0.1, 0.15) is 11.6 Å². The molecule has 0 aliphatic heterocycles. The number of rotatable bonds is 7. The zero-order chi connectivity index (χ0) is 55.4. The van der Waals surface area contributed by atoms with E-state index in [0.717, 1.165) is 117 Å². The lowest BCUT2D eigenvalue weighted by Gasteiger charge is -2.20. The Morgan fingerprint density at radius 1 is 0.329 bits per heavy atom. The lowest BCUT2D eigenvalue weighted by atomic mass is 9.95. The number of hydrogen-bond donors (Lipinski definition) is 0. The van der Waals surface area contributed by atoms with Crippen molar-refractivity contribution in [2.24, 2.45) is 0 Å². The Hall–Kier alpha value is -9.13. The van der Waals surface area contributed by atoms with Crippen molar-refractivity contribution in [1.29, 1.82) is 5.26 Å². The second kappa shape index (κ2) is 18.8. The van der Waals surface area contributed by atoms with Gasteiger partial charge in [-0.2, -0.15) is 31.6 Å². The van der Waals surface area contributed by atoms with Gasteiger partial charge in [-0.1, -0.05) is 120 Å². The molecular formula is C70H51F6N3.